The number of amides is 1. The third-order valence-electron chi connectivity index (χ3n) is 2.54. The van der Waals surface area contributed by atoms with Crippen molar-refractivity contribution in [3.05, 3.63) is 51.5 Å². The summed E-state index contributed by atoms with van der Waals surface area (Å²) in [5.41, 5.74) is 7.34. The maximum absolute atomic E-state index is 11.8. The first-order valence-electron chi connectivity index (χ1n) is 5.65. The topological polar surface area (TPSA) is 68.0 Å². The Kier molecular flexibility index (Phi) is 4.24. The third kappa shape index (κ3) is 3.59. The summed E-state index contributed by atoms with van der Waals surface area (Å²) in [5.74, 6) is -0.107. The highest BCUT2D eigenvalue weighted by molar-refractivity contribution is 7.80. The summed E-state index contributed by atoms with van der Waals surface area (Å²) >= 11 is 6.26. The monoisotopic (exact) mass is 291 g/mol. The fraction of sp³-hybridized carbons (Fsp3) is 0.154. The number of carbonyl (C=O) groups excluding carboxylic acids is 1. The number of benzene rings is 1. The summed E-state index contributed by atoms with van der Waals surface area (Å²) in [4.78, 5) is 16.9. The lowest BCUT2D eigenvalue weighted by Crippen LogP contribution is -2.21. The van der Waals surface area contributed by atoms with Crippen LogP contribution in [0.2, 0.25) is 0 Å². The molecular weight excluding hydrogens is 278 g/mol. The first kappa shape index (κ1) is 13.6. The van der Waals surface area contributed by atoms with E-state index < -0.39 is 0 Å². The number of nitrogens with zero attached hydrogens (tertiary/aromatic N) is 1. The molecule has 0 aliphatic carbocycles. The molecule has 0 aliphatic rings. The van der Waals surface area contributed by atoms with E-state index in [0.717, 1.165) is 16.1 Å². The average Bonchev–Trinajstić information content (AvgIpc) is 2.83. The van der Waals surface area contributed by atoms with Crippen molar-refractivity contribution in [2.24, 2.45) is 5.73 Å². The minimum atomic E-state index is -0.107. The van der Waals surface area contributed by atoms with Crippen molar-refractivity contribution in [1.82, 2.24) is 10.3 Å². The lowest BCUT2D eigenvalue weighted by Gasteiger charge is -2.04. The minimum Gasteiger partial charge on any atom is -0.389 e. The molecule has 1 aromatic heterocycles. The van der Waals surface area contributed by atoms with Crippen LogP contribution in [0.1, 0.15) is 25.8 Å². The van der Waals surface area contributed by atoms with Crippen molar-refractivity contribution in [3.8, 4) is 0 Å². The Morgan fingerprint density at radius 1 is 1.42 bits per heavy atom. The van der Waals surface area contributed by atoms with Crippen LogP contribution in [0.3, 0.4) is 0 Å². The maximum atomic E-state index is 11.8. The van der Waals surface area contributed by atoms with E-state index in [0.29, 0.717) is 16.4 Å². The zero-order valence-corrected chi connectivity index (χ0v) is 12.0. The van der Waals surface area contributed by atoms with E-state index in [2.05, 4.69) is 10.3 Å². The Hall–Kier alpha value is -1.79. The number of thiocarbonyl (C=S) groups is 1. The summed E-state index contributed by atoms with van der Waals surface area (Å²) in [6, 6.07) is 7.49. The standard InChI is InChI=1S/C13H13N3OS2/c1-8-15-7-11(19-8)13(17)16-6-9-2-4-10(5-3-9)12(14)18/h2-5,7H,6H2,1H3,(H2,14,18)(H,16,17). The van der Waals surface area contributed by atoms with Crippen LogP contribution in [0.5, 0.6) is 0 Å². The number of hydrogen-bond acceptors (Lipinski definition) is 4. The highest BCUT2D eigenvalue weighted by Gasteiger charge is 2.08. The molecule has 6 heteroatoms. The Morgan fingerprint density at radius 2 is 2.11 bits per heavy atom. The molecule has 0 bridgehead atoms. The molecule has 0 unspecified atom stereocenters. The van der Waals surface area contributed by atoms with Gasteiger partial charge in [0, 0.05) is 12.1 Å². The fourth-order valence-corrected chi connectivity index (χ4v) is 2.35. The molecule has 0 saturated carbocycles. The number of rotatable bonds is 4. The van der Waals surface area contributed by atoms with Gasteiger partial charge in [0.2, 0.25) is 0 Å². The summed E-state index contributed by atoms with van der Waals surface area (Å²) in [6.07, 6.45) is 1.59. The highest BCUT2D eigenvalue weighted by Crippen LogP contribution is 2.11. The Bertz CT molecular complexity index is 605. The van der Waals surface area contributed by atoms with Crippen molar-refractivity contribution in [3.63, 3.8) is 0 Å². The number of aromatic nitrogens is 1. The van der Waals surface area contributed by atoms with Gasteiger partial charge in [-0.3, -0.25) is 4.79 Å². The molecule has 0 atom stereocenters. The number of aryl methyl sites for hydroxylation is 1. The normalized spacial score (nSPS) is 10.2. The van der Waals surface area contributed by atoms with Crippen molar-refractivity contribution >= 4 is 34.5 Å². The lowest BCUT2D eigenvalue weighted by molar-refractivity contribution is 0.0955. The van der Waals surface area contributed by atoms with Gasteiger partial charge in [0.1, 0.15) is 9.87 Å². The molecule has 1 aromatic carbocycles. The molecule has 1 heterocycles. The third-order valence-corrected chi connectivity index (χ3v) is 3.68. The van der Waals surface area contributed by atoms with Crippen LogP contribution >= 0.6 is 23.6 Å². The van der Waals surface area contributed by atoms with E-state index in [1.54, 1.807) is 6.20 Å². The van der Waals surface area contributed by atoms with Gasteiger partial charge in [-0.05, 0) is 12.5 Å². The number of carbonyl (C=O) groups is 1. The van der Waals surface area contributed by atoms with E-state index >= 15 is 0 Å². The molecule has 0 radical (unpaired) electrons. The predicted molar refractivity (Wildman–Crippen MR) is 80.4 cm³/mol. The second-order valence-electron chi connectivity index (χ2n) is 3.99. The second-order valence-corrected chi connectivity index (χ2v) is 5.66. The van der Waals surface area contributed by atoms with Crippen LogP contribution in [0.25, 0.3) is 0 Å². The molecule has 2 aromatic rings. The first-order valence-corrected chi connectivity index (χ1v) is 6.88. The van der Waals surface area contributed by atoms with E-state index in [9.17, 15) is 4.79 Å². The first-order chi connectivity index (χ1) is 9.06. The summed E-state index contributed by atoms with van der Waals surface area (Å²) in [7, 11) is 0. The SMILES string of the molecule is Cc1ncc(C(=O)NCc2ccc(C(N)=S)cc2)s1. The number of thiazole rings is 1. The van der Waals surface area contributed by atoms with E-state index in [1.807, 2.05) is 31.2 Å². The Balaban J connectivity index is 1.95. The Labute approximate surface area is 120 Å². The summed E-state index contributed by atoms with van der Waals surface area (Å²) in [6.45, 7) is 2.34. The number of hydrogen-bond donors (Lipinski definition) is 2. The maximum Gasteiger partial charge on any atom is 0.263 e. The zero-order chi connectivity index (χ0) is 13.8. The zero-order valence-electron chi connectivity index (χ0n) is 10.3. The molecule has 19 heavy (non-hydrogen) atoms. The highest BCUT2D eigenvalue weighted by atomic mass is 32.1. The molecule has 2 rings (SSSR count). The van der Waals surface area contributed by atoms with Crippen molar-refractivity contribution in [2.75, 3.05) is 0 Å². The van der Waals surface area contributed by atoms with Gasteiger partial charge in [0.15, 0.2) is 0 Å². The summed E-state index contributed by atoms with van der Waals surface area (Å²) in [5, 5.41) is 3.73. The van der Waals surface area contributed by atoms with E-state index in [-0.39, 0.29) is 5.91 Å². The van der Waals surface area contributed by atoms with Crippen molar-refractivity contribution in [1.29, 1.82) is 0 Å². The summed E-state index contributed by atoms with van der Waals surface area (Å²) < 4.78 is 0. The van der Waals surface area contributed by atoms with Crippen molar-refractivity contribution in [2.45, 2.75) is 13.5 Å². The molecule has 0 fully saturated rings. The smallest absolute Gasteiger partial charge is 0.263 e. The van der Waals surface area contributed by atoms with Crippen molar-refractivity contribution < 1.29 is 4.79 Å². The Morgan fingerprint density at radius 3 is 2.63 bits per heavy atom. The second kappa shape index (κ2) is 5.90. The molecule has 0 spiro atoms. The van der Waals surface area contributed by atoms with Crippen LogP contribution in [0.4, 0.5) is 0 Å². The molecule has 1 amide bonds. The van der Waals surface area contributed by atoms with Crippen LogP contribution in [0.15, 0.2) is 30.5 Å². The number of nitrogens with one attached hydrogen (secondary N) is 1. The van der Waals surface area contributed by atoms with Crippen LogP contribution in [0, 0.1) is 6.92 Å². The predicted octanol–water partition coefficient (Wildman–Crippen LogP) is 2.02. The van der Waals surface area contributed by atoms with Gasteiger partial charge in [-0.15, -0.1) is 11.3 Å². The van der Waals surface area contributed by atoms with Gasteiger partial charge >= 0.3 is 0 Å². The van der Waals surface area contributed by atoms with Gasteiger partial charge in [-0.2, -0.15) is 0 Å². The van der Waals surface area contributed by atoms with Crippen LogP contribution in [-0.4, -0.2) is 15.9 Å². The largest absolute Gasteiger partial charge is 0.389 e. The number of nitrogens with two attached hydrogens (primary N) is 1. The molecule has 98 valence electrons. The van der Waals surface area contributed by atoms with Gasteiger partial charge in [-0.25, -0.2) is 4.98 Å². The minimum absolute atomic E-state index is 0.107. The van der Waals surface area contributed by atoms with Gasteiger partial charge in [0.05, 0.1) is 11.2 Å². The van der Waals surface area contributed by atoms with Crippen LogP contribution < -0.4 is 11.1 Å². The van der Waals surface area contributed by atoms with E-state index in [1.165, 1.54) is 11.3 Å². The lowest BCUT2D eigenvalue weighted by atomic mass is 10.1. The van der Waals surface area contributed by atoms with Gasteiger partial charge < -0.3 is 11.1 Å². The average molecular weight is 291 g/mol. The van der Waals surface area contributed by atoms with E-state index in [4.69, 9.17) is 18.0 Å². The quantitative estimate of drug-likeness (QED) is 0.846. The molecule has 3 N–H and O–H groups in total. The van der Waals surface area contributed by atoms with Crippen LogP contribution in [-0.2, 0) is 6.54 Å². The van der Waals surface area contributed by atoms with Gasteiger partial charge in [-0.1, -0.05) is 36.5 Å². The molecule has 0 aliphatic heterocycles. The molecular formula is C13H13N3OS2. The molecule has 4 nitrogen and oxygen atoms in total. The molecule has 0 saturated heterocycles. The van der Waals surface area contributed by atoms with Gasteiger partial charge in [0.25, 0.3) is 5.91 Å². The fourth-order valence-electron chi connectivity index (χ4n) is 1.52.